The Morgan fingerprint density at radius 3 is 2.40 bits per heavy atom. The number of hydrogen-bond acceptors (Lipinski definition) is 3. The molecule has 5 heteroatoms. The Morgan fingerprint density at radius 1 is 1.15 bits per heavy atom. The second-order valence-electron chi connectivity index (χ2n) is 5.48. The van der Waals surface area contributed by atoms with Crippen molar-refractivity contribution in [3.8, 4) is 0 Å². The number of sulfone groups is 1. The van der Waals surface area contributed by atoms with Crippen LogP contribution in [0.15, 0.2) is 24.3 Å². The highest BCUT2D eigenvalue weighted by atomic mass is 32.2. The third kappa shape index (κ3) is 4.34. The quantitative estimate of drug-likeness (QED) is 0.859. The second kappa shape index (κ2) is 6.39. The number of amides is 1. The van der Waals surface area contributed by atoms with Crippen LogP contribution in [0.4, 0.5) is 0 Å². The summed E-state index contributed by atoms with van der Waals surface area (Å²) in [6.45, 7) is 1.60. The summed E-state index contributed by atoms with van der Waals surface area (Å²) >= 11 is 0. The molecule has 0 unspecified atom stereocenters. The van der Waals surface area contributed by atoms with Crippen LogP contribution in [0.3, 0.4) is 0 Å². The van der Waals surface area contributed by atoms with E-state index in [-0.39, 0.29) is 11.7 Å². The molecular weight excluding hydrogens is 274 g/mol. The number of carbonyl (C=O) groups is 1. The average Bonchev–Trinajstić information content (AvgIpc) is 2.65. The molecule has 0 spiro atoms. The summed E-state index contributed by atoms with van der Waals surface area (Å²) in [6.07, 6.45) is 5.66. The van der Waals surface area contributed by atoms with Gasteiger partial charge in [0.05, 0.1) is 5.75 Å². The zero-order valence-electron chi connectivity index (χ0n) is 11.8. The SMILES string of the molecule is CS(=O)(=O)Cc1cccc(C(=O)N2CCCCCC2)c1. The Kier molecular flexibility index (Phi) is 4.81. The second-order valence-corrected chi connectivity index (χ2v) is 7.62. The summed E-state index contributed by atoms with van der Waals surface area (Å²) < 4.78 is 22.7. The molecule has 1 aliphatic rings. The van der Waals surface area contributed by atoms with Crippen LogP contribution in [-0.2, 0) is 15.6 Å². The lowest BCUT2D eigenvalue weighted by Gasteiger charge is -2.20. The van der Waals surface area contributed by atoms with Gasteiger partial charge in [0.15, 0.2) is 9.84 Å². The fourth-order valence-corrected chi connectivity index (χ4v) is 3.34. The van der Waals surface area contributed by atoms with Gasteiger partial charge in [0, 0.05) is 24.9 Å². The maximum absolute atomic E-state index is 12.4. The topological polar surface area (TPSA) is 54.5 Å². The predicted molar refractivity (Wildman–Crippen MR) is 79.4 cm³/mol. The molecule has 0 aliphatic carbocycles. The molecule has 0 aromatic heterocycles. The van der Waals surface area contributed by atoms with Gasteiger partial charge in [-0.25, -0.2) is 8.42 Å². The maximum atomic E-state index is 12.4. The Morgan fingerprint density at radius 2 is 1.80 bits per heavy atom. The molecule has 2 rings (SSSR count). The molecule has 1 aliphatic heterocycles. The first-order valence-corrected chi connectivity index (χ1v) is 9.08. The molecule has 110 valence electrons. The molecule has 0 N–H and O–H groups in total. The van der Waals surface area contributed by atoms with Crippen molar-refractivity contribution in [2.24, 2.45) is 0 Å². The van der Waals surface area contributed by atoms with E-state index in [0.29, 0.717) is 11.1 Å². The van der Waals surface area contributed by atoms with E-state index in [1.165, 1.54) is 19.1 Å². The molecule has 1 heterocycles. The lowest BCUT2D eigenvalue weighted by molar-refractivity contribution is 0.0761. The molecule has 0 bridgehead atoms. The van der Waals surface area contributed by atoms with E-state index in [0.717, 1.165) is 25.9 Å². The van der Waals surface area contributed by atoms with Crippen molar-refractivity contribution < 1.29 is 13.2 Å². The van der Waals surface area contributed by atoms with Crippen molar-refractivity contribution in [1.82, 2.24) is 4.90 Å². The van der Waals surface area contributed by atoms with Gasteiger partial charge in [-0.05, 0) is 30.5 Å². The lowest BCUT2D eigenvalue weighted by Crippen LogP contribution is -2.31. The van der Waals surface area contributed by atoms with Crippen molar-refractivity contribution in [1.29, 1.82) is 0 Å². The maximum Gasteiger partial charge on any atom is 0.253 e. The van der Waals surface area contributed by atoms with Gasteiger partial charge in [0.25, 0.3) is 5.91 Å². The van der Waals surface area contributed by atoms with Crippen LogP contribution >= 0.6 is 0 Å². The largest absolute Gasteiger partial charge is 0.339 e. The van der Waals surface area contributed by atoms with Crippen LogP contribution in [0.1, 0.15) is 41.6 Å². The van der Waals surface area contributed by atoms with E-state index in [1.54, 1.807) is 24.3 Å². The molecule has 0 atom stereocenters. The van der Waals surface area contributed by atoms with Crippen molar-refractivity contribution >= 4 is 15.7 Å². The molecule has 1 fully saturated rings. The monoisotopic (exact) mass is 295 g/mol. The number of benzene rings is 1. The van der Waals surface area contributed by atoms with Gasteiger partial charge in [0.1, 0.15) is 0 Å². The van der Waals surface area contributed by atoms with Crippen molar-refractivity contribution in [3.63, 3.8) is 0 Å². The highest BCUT2D eigenvalue weighted by Crippen LogP contribution is 2.15. The van der Waals surface area contributed by atoms with Crippen molar-refractivity contribution in [3.05, 3.63) is 35.4 Å². The molecule has 1 aromatic carbocycles. The van der Waals surface area contributed by atoms with E-state index >= 15 is 0 Å². The van der Waals surface area contributed by atoms with Crippen molar-refractivity contribution in [2.45, 2.75) is 31.4 Å². The van der Waals surface area contributed by atoms with E-state index < -0.39 is 9.84 Å². The molecule has 1 amide bonds. The minimum Gasteiger partial charge on any atom is -0.339 e. The molecule has 1 aromatic rings. The zero-order chi connectivity index (χ0) is 14.6. The summed E-state index contributed by atoms with van der Waals surface area (Å²) in [5, 5.41) is 0. The first-order chi connectivity index (χ1) is 9.46. The molecule has 0 radical (unpaired) electrons. The van der Waals surface area contributed by atoms with Gasteiger partial charge in [-0.1, -0.05) is 25.0 Å². The highest BCUT2D eigenvalue weighted by Gasteiger charge is 2.17. The first kappa shape index (κ1) is 15.0. The van der Waals surface area contributed by atoms with Crippen LogP contribution in [0.5, 0.6) is 0 Å². The smallest absolute Gasteiger partial charge is 0.253 e. The summed E-state index contributed by atoms with van der Waals surface area (Å²) in [5.74, 6) is -0.00375. The number of hydrogen-bond donors (Lipinski definition) is 0. The van der Waals surface area contributed by atoms with E-state index in [9.17, 15) is 13.2 Å². The Balaban J connectivity index is 2.15. The Labute approximate surface area is 120 Å². The lowest BCUT2D eigenvalue weighted by atomic mass is 10.1. The van der Waals surface area contributed by atoms with Gasteiger partial charge in [0.2, 0.25) is 0 Å². The number of nitrogens with zero attached hydrogens (tertiary/aromatic N) is 1. The third-order valence-corrected chi connectivity index (χ3v) is 4.35. The van der Waals surface area contributed by atoms with Gasteiger partial charge < -0.3 is 4.90 Å². The number of likely N-dealkylation sites (tertiary alicyclic amines) is 1. The van der Waals surface area contributed by atoms with E-state index in [4.69, 9.17) is 0 Å². The van der Waals surface area contributed by atoms with Gasteiger partial charge in [-0.15, -0.1) is 0 Å². The summed E-state index contributed by atoms with van der Waals surface area (Å²) in [7, 11) is -3.08. The Bertz CT molecular complexity index is 573. The van der Waals surface area contributed by atoms with Gasteiger partial charge >= 0.3 is 0 Å². The Hall–Kier alpha value is -1.36. The van der Waals surface area contributed by atoms with Crippen LogP contribution in [0.2, 0.25) is 0 Å². The standard InChI is InChI=1S/C15H21NO3S/c1-20(18,19)12-13-7-6-8-14(11-13)15(17)16-9-4-2-3-5-10-16/h6-8,11H,2-5,9-10,12H2,1H3. The molecule has 4 nitrogen and oxygen atoms in total. The summed E-state index contributed by atoms with van der Waals surface area (Å²) in [5.41, 5.74) is 1.27. The van der Waals surface area contributed by atoms with Gasteiger partial charge in [-0.3, -0.25) is 4.79 Å². The zero-order valence-corrected chi connectivity index (χ0v) is 12.7. The number of rotatable bonds is 3. The molecule has 1 saturated heterocycles. The minimum atomic E-state index is -3.08. The normalized spacial score (nSPS) is 16.8. The van der Waals surface area contributed by atoms with E-state index in [2.05, 4.69) is 0 Å². The molecule has 0 saturated carbocycles. The van der Waals surface area contributed by atoms with Crippen molar-refractivity contribution in [2.75, 3.05) is 19.3 Å². The number of carbonyl (C=O) groups excluding carboxylic acids is 1. The minimum absolute atomic E-state index is 0.0160. The third-order valence-electron chi connectivity index (χ3n) is 3.50. The fourth-order valence-electron chi connectivity index (χ4n) is 2.55. The fraction of sp³-hybridized carbons (Fsp3) is 0.533. The van der Waals surface area contributed by atoms with Crippen LogP contribution < -0.4 is 0 Å². The van der Waals surface area contributed by atoms with Crippen LogP contribution in [-0.4, -0.2) is 38.6 Å². The summed E-state index contributed by atoms with van der Waals surface area (Å²) in [4.78, 5) is 14.3. The molecular formula is C15H21NO3S. The predicted octanol–water partition coefficient (Wildman–Crippen LogP) is 2.25. The first-order valence-electron chi connectivity index (χ1n) is 7.02. The van der Waals surface area contributed by atoms with E-state index in [1.807, 2.05) is 4.90 Å². The molecule has 20 heavy (non-hydrogen) atoms. The van der Waals surface area contributed by atoms with Gasteiger partial charge in [-0.2, -0.15) is 0 Å². The van der Waals surface area contributed by atoms with Crippen LogP contribution in [0.25, 0.3) is 0 Å². The average molecular weight is 295 g/mol. The summed E-state index contributed by atoms with van der Waals surface area (Å²) in [6, 6.07) is 6.97. The highest BCUT2D eigenvalue weighted by molar-refractivity contribution is 7.89. The van der Waals surface area contributed by atoms with Crippen LogP contribution in [0, 0.1) is 0 Å².